The van der Waals surface area contributed by atoms with Crippen LogP contribution in [0, 0.1) is 0 Å². The Labute approximate surface area is 113 Å². The van der Waals surface area contributed by atoms with Crippen molar-refractivity contribution in [1.29, 1.82) is 0 Å². The monoisotopic (exact) mass is 296 g/mol. The number of benzene rings is 1. The van der Waals surface area contributed by atoms with E-state index in [9.17, 15) is 0 Å². The summed E-state index contributed by atoms with van der Waals surface area (Å²) < 4.78 is 1.19. The molecule has 2 unspecified atom stereocenters. The van der Waals surface area contributed by atoms with E-state index in [4.69, 9.17) is 0 Å². The van der Waals surface area contributed by atoms with Gasteiger partial charge in [0.05, 0.1) is 5.69 Å². The molecule has 94 valence electrons. The highest BCUT2D eigenvalue weighted by atomic mass is 79.9. The molecule has 1 aromatic carbocycles. The van der Waals surface area contributed by atoms with E-state index < -0.39 is 0 Å². The van der Waals surface area contributed by atoms with Gasteiger partial charge in [-0.1, -0.05) is 19.1 Å². The molecule has 3 heteroatoms. The zero-order chi connectivity index (χ0) is 12.5. The molecule has 0 aromatic heterocycles. The molecule has 0 radical (unpaired) electrons. The van der Waals surface area contributed by atoms with E-state index in [0.717, 1.165) is 19.5 Å². The van der Waals surface area contributed by atoms with Gasteiger partial charge in [-0.25, -0.2) is 0 Å². The lowest BCUT2D eigenvalue weighted by Gasteiger charge is -2.46. The fraction of sp³-hybridized carbons (Fsp3) is 0.571. The summed E-state index contributed by atoms with van der Waals surface area (Å²) in [5.74, 6) is 0. The van der Waals surface area contributed by atoms with Gasteiger partial charge in [0, 0.05) is 29.1 Å². The molecule has 0 saturated carbocycles. The lowest BCUT2D eigenvalue weighted by atomic mass is 9.93. The second-order valence-electron chi connectivity index (χ2n) is 5.22. The first-order valence-electron chi connectivity index (χ1n) is 6.32. The number of halogens is 1. The average molecular weight is 297 g/mol. The fourth-order valence-corrected chi connectivity index (χ4v) is 2.85. The molecule has 1 heterocycles. The Balaban J connectivity index is 2.27. The summed E-state index contributed by atoms with van der Waals surface area (Å²) >= 11 is 3.66. The molecule has 0 amide bonds. The Bertz CT molecular complexity index is 394. The number of nitrogens with zero attached hydrogens (tertiary/aromatic N) is 1. The number of rotatable bonds is 2. The third kappa shape index (κ3) is 2.66. The Hall–Kier alpha value is -0.540. The van der Waals surface area contributed by atoms with Crippen LogP contribution in [0.25, 0.3) is 0 Å². The van der Waals surface area contributed by atoms with Crippen LogP contribution >= 0.6 is 15.9 Å². The summed E-state index contributed by atoms with van der Waals surface area (Å²) in [6.07, 6.45) is 1.15. The number of piperazine rings is 1. The van der Waals surface area contributed by atoms with Gasteiger partial charge in [-0.3, -0.25) is 0 Å². The Kier molecular flexibility index (Phi) is 3.79. The smallest absolute Gasteiger partial charge is 0.0514 e. The molecule has 1 saturated heterocycles. The summed E-state index contributed by atoms with van der Waals surface area (Å²) in [6.45, 7) is 8.95. The first-order chi connectivity index (χ1) is 8.06. The summed E-state index contributed by atoms with van der Waals surface area (Å²) in [7, 11) is 0. The molecule has 1 aromatic rings. The van der Waals surface area contributed by atoms with Gasteiger partial charge in [-0.2, -0.15) is 0 Å². The molecule has 2 rings (SSSR count). The third-order valence-electron chi connectivity index (χ3n) is 3.82. The van der Waals surface area contributed by atoms with Gasteiger partial charge in [0.2, 0.25) is 0 Å². The molecule has 2 nitrogen and oxygen atoms in total. The van der Waals surface area contributed by atoms with Crippen molar-refractivity contribution in [3.8, 4) is 0 Å². The van der Waals surface area contributed by atoms with Crippen molar-refractivity contribution in [2.24, 2.45) is 0 Å². The zero-order valence-electron chi connectivity index (χ0n) is 10.8. The van der Waals surface area contributed by atoms with Crippen LogP contribution in [0.4, 0.5) is 5.69 Å². The van der Waals surface area contributed by atoms with Crippen molar-refractivity contribution in [3.63, 3.8) is 0 Å². The van der Waals surface area contributed by atoms with E-state index in [2.05, 4.69) is 71.2 Å². The van der Waals surface area contributed by atoms with Crippen LogP contribution in [0.3, 0.4) is 0 Å². The second-order valence-corrected chi connectivity index (χ2v) is 6.08. The lowest BCUT2D eigenvalue weighted by molar-refractivity contribution is 0.285. The van der Waals surface area contributed by atoms with E-state index in [1.54, 1.807) is 0 Å². The fourth-order valence-electron chi connectivity index (χ4n) is 2.34. The van der Waals surface area contributed by atoms with Gasteiger partial charge in [0.15, 0.2) is 0 Å². The van der Waals surface area contributed by atoms with Crippen LogP contribution in [0.5, 0.6) is 0 Å². The van der Waals surface area contributed by atoms with Crippen molar-refractivity contribution in [2.75, 3.05) is 18.0 Å². The van der Waals surface area contributed by atoms with Crippen LogP contribution < -0.4 is 10.2 Å². The van der Waals surface area contributed by atoms with Gasteiger partial charge in [0.25, 0.3) is 0 Å². The minimum atomic E-state index is 0.224. The molecule has 1 N–H and O–H groups in total. The minimum Gasteiger partial charge on any atom is -0.365 e. The summed E-state index contributed by atoms with van der Waals surface area (Å²) in [5, 5.41) is 3.66. The van der Waals surface area contributed by atoms with Crippen LogP contribution in [-0.2, 0) is 0 Å². The highest BCUT2D eigenvalue weighted by Crippen LogP contribution is 2.31. The highest BCUT2D eigenvalue weighted by Gasteiger charge is 2.33. The minimum absolute atomic E-state index is 0.224. The van der Waals surface area contributed by atoms with Gasteiger partial charge in [-0.05, 0) is 48.3 Å². The van der Waals surface area contributed by atoms with Crippen molar-refractivity contribution < 1.29 is 0 Å². The molecule has 0 spiro atoms. The van der Waals surface area contributed by atoms with E-state index in [-0.39, 0.29) is 5.54 Å². The highest BCUT2D eigenvalue weighted by molar-refractivity contribution is 9.10. The summed E-state index contributed by atoms with van der Waals surface area (Å²) in [5.41, 5.74) is 1.53. The number of anilines is 1. The topological polar surface area (TPSA) is 15.3 Å². The molecule has 1 fully saturated rings. The van der Waals surface area contributed by atoms with Crippen LogP contribution in [0.1, 0.15) is 27.2 Å². The third-order valence-corrected chi connectivity index (χ3v) is 4.49. The lowest BCUT2D eigenvalue weighted by Crippen LogP contribution is -2.62. The first kappa shape index (κ1) is 12.9. The Morgan fingerprint density at radius 2 is 2.18 bits per heavy atom. The standard InChI is InChI=1S/C14H21BrN2/c1-4-14(3)10-17(11(2)9-16-14)13-8-6-5-7-12(13)15/h5-8,11,16H,4,9-10H2,1-3H3. The van der Waals surface area contributed by atoms with Gasteiger partial charge in [0.1, 0.15) is 0 Å². The number of para-hydroxylation sites is 1. The molecule has 1 aliphatic rings. The first-order valence-corrected chi connectivity index (χ1v) is 7.11. The van der Waals surface area contributed by atoms with E-state index >= 15 is 0 Å². The number of hydrogen-bond donors (Lipinski definition) is 1. The molecule has 0 bridgehead atoms. The Morgan fingerprint density at radius 3 is 2.82 bits per heavy atom. The number of nitrogens with one attached hydrogen (secondary N) is 1. The molecule has 2 atom stereocenters. The maximum Gasteiger partial charge on any atom is 0.0514 e. The largest absolute Gasteiger partial charge is 0.365 e. The molecule has 0 aliphatic carbocycles. The van der Waals surface area contributed by atoms with Gasteiger partial charge in [-0.15, -0.1) is 0 Å². The maximum atomic E-state index is 3.66. The zero-order valence-corrected chi connectivity index (χ0v) is 12.4. The average Bonchev–Trinajstić information content (AvgIpc) is 2.34. The van der Waals surface area contributed by atoms with E-state index in [0.29, 0.717) is 6.04 Å². The molecule has 17 heavy (non-hydrogen) atoms. The van der Waals surface area contributed by atoms with Crippen molar-refractivity contribution in [2.45, 2.75) is 38.8 Å². The van der Waals surface area contributed by atoms with Crippen molar-refractivity contribution >= 4 is 21.6 Å². The van der Waals surface area contributed by atoms with Crippen molar-refractivity contribution in [3.05, 3.63) is 28.7 Å². The molecular weight excluding hydrogens is 276 g/mol. The SMILES string of the molecule is CCC1(C)CN(c2ccccc2Br)C(C)CN1. The second kappa shape index (κ2) is 4.99. The quantitative estimate of drug-likeness (QED) is 0.900. The molecule has 1 aliphatic heterocycles. The Morgan fingerprint density at radius 1 is 1.47 bits per heavy atom. The van der Waals surface area contributed by atoms with Crippen LogP contribution in [0.15, 0.2) is 28.7 Å². The predicted molar refractivity (Wildman–Crippen MR) is 77.6 cm³/mol. The normalized spacial score (nSPS) is 29.4. The van der Waals surface area contributed by atoms with Crippen LogP contribution in [-0.4, -0.2) is 24.7 Å². The van der Waals surface area contributed by atoms with Gasteiger partial charge < -0.3 is 10.2 Å². The van der Waals surface area contributed by atoms with Gasteiger partial charge >= 0.3 is 0 Å². The maximum absolute atomic E-state index is 3.66. The van der Waals surface area contributed by atoms with Crippen LogP contribution in [0.2, 0.25) is 0 Å². The predicted octanol–water partition coefficient (Wildman–Crippen LogP) is 3.42. The summed E-state index contributed by atoms with van der Waals surface area (Å²) in [6, 6.07) is 9.03. The van der Waals surface area contributed by atoms with E-state index in [1.165, 1.54) is 10.2 Å². The number of hydrogen-bond acceptors (Lipinski definition) is 2. The molecular formula is C14H21BrN2. The summed E-state index contributed by atoms with van der Waals surface area (Å²) in [4.78, 5) is 2.50. The van der Waals surface area contributed by atoms with Crippen molar-refractivity contribution in [1.82, 2.24) is 5.32 Å². The van der Waals surface area contributed by atoms with E-state index in [1.807, 2.05) is 0 Å².